The van der Waals surface area contributed by atoms with Crippen molar-refractivity contribution in [2.45, 2.75) is 42.4 Å². The van der Waals surface area contributed by atoms with Gasteiger partial charge in [0.25, 0.3) is 0 Å². The number of hydrogen-bond acceptors (Lipinski definition) is 5. The van der Waals surface area contributed by atoms with E-state index in [-0.39, 0.29) is 22.7 Å². The van der Waals surface area contributed by atoms with Crippen molar-refractivity contribution in [3.05, 3.63) is 53.6 Å². The molecule has 0 unspecified atom stereocenters. The number of benzene rings is 2. The number of methoxy groups -OCH3 is 1. The SMILES string of the molecule is CCS(=O)(=O)Nc1cccc(NC(=O)[C@@H]2S[C@@](C)(C(F)(F)F)C[C@H]2c2ccc(F)c(F)c2OC)c1. The van der Waals surface area contributed by atoms with Crippen LogP contribution in [-0.2, 0) is 14.8 Å². The summed E-state index contributed by atoms with van der Waals surface area (Å²) in [5.41, 5.74) is 0.239. The lowest BCUT2D eigenvalue weighted by atomic mass is 9.85. The number of ether oxygens (including phenoxy) is 1. The summed E-state index contributed by atoms with van der Waals surface area (Å²) in [5.74, 6) is -5.30. The molecule has 1 aliphatic heterocycles. The zero-order valence-corrected chi connectivity index (χ0v) is 20.5. The minimum Gasteiger partial charge on any atom is -0.493 e. The van der Waals surface area contributed by atoms with Crippen LogP contribution in [0.1, 0.15) is 31.7 Å². The molecule has 1 fully saturated rings. The number of thioether (sulfide) groups is 1. The molecule has 6 nitrogen and oxygen atoms in total. The molecule has 2 aromatic carbocycles. The van der Waals surface area contributed by atoms with Crippen LogP contribution in [0.25, 0.3) is 0 Å². The standard InChI is InChI=1S/C22H23F5N2O4S2/c1-4-35(31,32)29-13-7-5-6-12(10-13)28-20(30)19-15(11-21(2,34-19)22(25,26)27)14-8-9-16(23)17(24)18(14)33-3/h5-10,15,19,29H,4,11H2,1-3H3,(H,28,30)/t15-,19+,21+/m0/s1. The van der Waals surface area contributed by atoms with E-state index in [0.29, 0.717) is 11.8 Å². The molecule has 3 atom stereocenters. The fraction of sp³-hybridized carbons (Fsp3) is 0.409. The third-order valence-electron chi connectivity index (χ3n) is 5.69. The fourth-order valence-corrected chi connectivity index (χ4v) is 5.97. The molecule has 0 aromatic heterocycles. The van der Waals surface area contributed by atoms with Gasteiger partial charge in [0.05, 0.1) is 23.8 Å². The maximum absolute atomic E-state index is 14.3. The number of carbonyl (C=O) groups is 1. The van der Waals surface area contributed by atoms with Gasteiger partial charge in [-0.3, -0.25) is 9.52 Å². The maximum atomic E-state index is 14.3. The number of sulfonamides is 1. The Morgan fingerprint density at radius 2 is 1.86 bits per heavy atom. The molecule has 0 aliphatic carbocycles. The molecule has 1 aliphatic rings. The second-order valence-corrected chi connectivity index (χ2v) is 11.8. The van der Waals surface area contributed by atoms with Gasteiger partial charge in [-0.1, -0.05) is 12.1 Å². The molecule has 0 bridgehead atoms. The molecule has 0 spiro atoms. The van der Waals surface area contributed by atoms with Gasteiger partial charge in [0.1, 0.15) is 4.75 Å². The van der Waals surface area contributed by atoms with Crippen molar-refractivity contribution < 1.29 is 39.9 Å². The van der Waals surface area contributed by atoms with Crippen molar-refractivity contribution >= 4 is 39.1 Å². The van der Waals surface area contributed by atoms with Crippen LogP contribution < -0.4 is 14.8 Å². The average Bonchev–Trinajstić information content (AvgIpc) is 3.14. The minimum absolute atomic E-state index is 0.0588. The predicted molar refractivity (Wildman–Crippen MR) is 124 cm³/mol. The Balaban J connectivity index is 1.97. The smallest absolute Gasteiger partial charge is 0.403 e. The van der Waals surface area contributed by atoms with Crippen LogP contribution in [0.2, 0.25) is 0 Å². The summed E-state index contributed by atoms with van der Waals surface area (Å²) in [5, 5.41) is 1.17. The highest BCUT2D eigenvalue weighted by Gasteiger charge is 2.60. The highest BCUT2D eigenvalue weighted by Crippen LogP contribution is 2.59. The first-order valence-corrected chi connectivity index (χ1v) is 12.9. The van der Waals surface area contributed by atoms with Crippen molar-refractivity contribution in [2.75, 3.05) is 22.9 Å². The number of carbonyl (C=O) groups excluding carboxylic acids is 1. The van der Waals surface area contributed by atoms with Crippen LogP contribution in [0.3, 0.4) is 0 Å². The summed E-state index contributed by atoms with van der Waals surface area (Å²) in [6, 6.07) is 7.56. The summed E-state index contributed by atoms with van der Waals surface area (Å²) >= 11 is 0.377. The Hall–Kier alpha value is -2.54. The number of rotatable bonds is 7. The van der Waals surface area contributed by atoms with E-state index in [0.717, 1.165) is 26.2 Å². The summed E-state index contributed by atoms with van der Waals surface area (Å²) in [7, 11) is -2.54. The highest BCUT2D eigenvalue weighted by molar-refractivity contribution is 8.02. The molecular weight excluding hydrogens is 515 g/mol. The second kappa shape index (κ2) is 9.84. The van der Waals surface area contributed by atoms with Crippen molar-refractivity contribution in [1.82, 2.24) is 0 Å². The molecular formula is C22H23F5N2O4S2. The topological polar surface area (TPSA) is 84.5 Å². The van der Waals surface area contributed by atoms with E-state index in [1.54, 1.807) is 0 Å². The normalized spacial score (nSPS) is 22.6. The van der Waals surface area contributed by atoms with Gasteiger partial charge in [-0.2, -0.15) is 17.6 Å². The molecule has 2 N–H and O–H groups in total. The molecule has 2 aromatic rings. The van der Waals surface area contributed by atoms with E-state index in [2.05, 4.69) is 10.0 Å². The van der Waals surface area contributed by atoms with Crippen molar-refractivity contribution in [1.29, 1.82) is 0 Å². The molecule has 1 saturated heterocycles. The minimum atomic E-state index is -4.69. The van der Waals surface area contributed by atoms with Gasteiger partial charge in [-0.15, -0.1) is 11.8 Å². The zero-order valence-electron chi connectivity index (χ0n) is 18.9. The Morgan fingerprint density at radius 3 is 2.46 bits per heavy atom. The Bertz CT molecular complexity index is 1220. The number of anilines is 2. The van der Waals surface area contributed by atoms with Crippen LogP contribution in [-0.4, -0.2) is 43.4 Å². The van der Waals surface area contributed by atoms with E-state index in [9.17, 15) is 35.2 Å². The van der Waals surface area contributed by atoms with Gasteiger partial charge in [0, 0.05) is 17.2 Å². The van der Waals surface area contributed by atoms with E-state index >= 15 is 0 Å². The van der Waals surface area contributed by atoms with E-state index < -0.39 is 61.8 Å². The lowest BCUT2D eigenvalue weighted by Crippen LogP contribution is -2.37. The van der Waals surface area contributed by atoms with Crippen LogP contribution in [0.4, 0.5) is 33.3 Å². The quantitative estimate of drug-likeness (QED) is 0.469. The van der Waals surface area contributed by atoms with E-state index in [4.69, 9.17) is 4.74 Å². The van der Waals surface area contributed by atoms with Crippen molar-refractivity contribution in [2.24, 2.45) is 0 Å². The van der Waals surface area contributed by atoms with Crippen LogP contribution in [0.5, 0.6) is 5.75 Å². The second-order valence-electron chi connectivity index (χ2n) is 8.14. The molecule has 1 amide bonds. The average molecular weight is 539 g/mol. The summed E-state index contributed by atoms with van der Waals surface area (Å²) in [4.78, 5) is 13.2. The largest absolute Gasteiger partial charge is 0.493 e. The van der Waals surface area contributed by atoms with E-state index in [1.165, 1.54) is 31.2 Å². The molecule has 0 saturated carbocycles. The first kappa shape index (κ1) is 27.1. The number of alkyl halides is 3. The lowest BCUT2D eigenvalue weighted by molar-refractivity contribution is -0.155. The Labute approximate surface area is 203 Å². The van der Waals surface area contributed by atoms with Gasteiger partial charge in [0.2, 0.25) is 21.7 Å². The molecule has 13 heteroatoms. The van der Waals surface area contributed by atoms with Gasteiger partial charge in [-0.25, -0.2) is 12.8 Å². The number of hydrogen-bond donors (Lipinski definition) is 2. The van der Waals surface area contributed by atoms with Crippen LogP contribution in [0, 0.1) is 11.6 Å². The highest BCUT2D eigenvalue weighted by atomic mass is 32.2. The van der Waals surface area contributed by atoms with Gasteiger partial charge in [-0.05, 0) is 44.5 Å². The first-order chi connectivity index (χ1) is 16.2. The molecule has 192 valence electrons. The number of halogens is 5. The molecule has 1 heterocycles. The zero-order chi connectivity index (χ0) is 26.2. The monoisotopic (exact) mass is 538 g/mol. The van der Waals surface area contributed by atoms with Crippen LogP contribution in [0.15, 0.2) is 36.4 Å². The third kappa shape index (κ3) is 5.66. The molecule has 35 heavy (non-hydrogen) atoms. The van der Waals surface area contributed by atoms with Gasteiger partial charge < -0.3 is 10.1 Å². The van der Waals surface area contributed by atoms with Gasteiger partial charge >= 0.3 is 6.18 Å². The lowest BCUT2D eigenvalue weighted by Gasteiger charge is -2.26. The predicted octanol–water partition coefficient (Wildman–Crippen LogP) is 5.28. The van der Waals surface area contributed by atoms with Gasteiger partial charge in [0.15, 0.2) is 11.6 Å². The van der Waals surface area contributed by atoms with Crippen molar-refractivity contribution in [3.63, 3.8) is 0 Å². The number of nitrogens with one attached hydrogen (secondary N) is 2. The molecule has 0 radical (unpaired) electrons. The van der Waals surface area contributed by atoms with E-state index in [1.807, 2.05) is 0 Å². The summed E-state index contributed by atoms with van der Waals surface area (Å²) in [6.07, 6.45) is -5.26. The molecule has 3 rings (SSSR count). The summed E-state index contributed by atoms with van der Waals surface area (Å²) in [6.45, 7) is 2.39. The van der Waals surface area contributed by atoms with Crippen LogP contribution >= 0.6 is 11.8 Å². The number of amides is 1. The van der Waals surface area contributed by atoms with Crippen molar-refractivity contribution in [3.8, 4) is 5.75 Å². The fourth-order valence-electron chi connectivity index (χ4n) is 3.80. The Morgan fingerprint density at radius 1 is 1.20 bits per heavy atom. The first-order valence-electron chi connectivity index (χ1n) is 10.4. The maximum Gasteiger partial charge on any atom is 0.403 e. The Kier molecular flexibility index (Phi) is 7.61. The summed E-state index contributed by atoms with van der Waals surface area (Å²) < 4.78 is 98.3. The third-order valence-corrected chi connectivity index (χ3v) is 8.71.